The fraction of sp³-hybridized carbons (Fsp3) is 0.588. The van der Waals surface area contributed by atoms with Gasteiger partial charge in [-0.05, 0) is 54.9 Å². The van der Waals surface area contributed by atoms with Crippen molar-refractivity contribution in [2.45, 2.75) is 59.4 Å². The third kappa shape index (κ3) is 4.36. The molecule has 0 spiro atoms. The molecule has 0 aromatic heterocycles. The van der Waals surface area contributed by atoms with Crippen molar-refractivity contribution in [1.29, 1.82) is 5.26 Å². The Labute approximate surface area is 117 Å². The minimum Gasteiger partial charge on any atom is -0.302 e. The number of nitriles is 1. The lowest BCUT2D eigenvalue weighted by Crippen LogP contribution is -2.26. The predicted octanol–water partition coefficient (Wildman–Crippen LogP) is 3.65. The van der Waals surface area contributed by atoms with Gasteiger partial charge in [-0.1, -0.05) is 32.9 Å². The minimum atomic E-state index is -0.0746. The Morgan fingerprint density at radius 3 is 2.16 bits per heavy atom. The highest BCUT2D eigenvalue weighted by atomic mass is 14.9. The average molecular weight is 258 g/mol. The molecule has 2 heteroatoms. The Bertz CT molecular complexity index is 452. The van der Waals surface area contributed by atoms with E-state index in [2.05, 4.69) is 58.1 Å². The molecule has 0 fully saturated rings. The molecule has 0 radical (unpaired) electrons. The zero-order chi connectivity index (χ0) is 14.6. The van der Waals surface area contributed by atoms with Crippen molar-refractivity contribution in [2.75, 3.05) is 6.54 Å². The van der Waals surface area contributed by atoms with E-state index in [4.69, 9.17) is 5.26 Å². The first-order valence-corrected chi connectivity index (χ1v) is 6.99. The number of nitrogens with zero attached hydrogens (tertiary/aromatic N) is 1. The number of aryl methyl sites for hydroxylation is 2. The van der Waals surface area contributed by atoms with Crippen LogP contribution in [0.5, 0.6) is 0 Å². The van der Waals surface area contributed by atoms with Crippen molar-refractivity contribution < 1.29 is 0 Å². The summed E-state index contributed by atoms with van der Waals surface area (Å²) in [4.78, 5) is 0. The molecular weight excluding hydrogens is 232 g/mol. The molecule has 0 bridgehead atoms. The SMILES string of the molecule is Cc1cc(C(C)(C)C)cc(C)c1CCNC(C)C#N. The van der Waals surface area contributed by atoms with Crippen LogP contribution in [0.4, 0.5) is 0 Å². The normalized spacial score (nSPS) is 13.1. The molecule has 1 unspecified atom stereocenters. The summed E-state index contributed by atoms with van der Waals surface area (Å²) >= 11 is 0. The number of nitrogens with one attached hydrogen (secondary N) is 1. The van der Waals surface area contributed by atoms with Gasteiger partial charge in [0.25, 0.3) is 0 Å². The van der Waals surface area contributed by atoms with Crippen LogP contribution in [0.25, 0.3) is 0 Å². The van der Waals surface area contributed by atoms with E-state index in [1.54, 1.807) is 0 Å². The molecule has 2 nitrogen and oxygen atoms in total. The molecule has 0 saturated heterocycles. The maximum absolute atomic E-state index is 8.75. The predicted molar refractivity (Wildman–Crippen MR) is 81.4 cm³/mol. The molecule has 19 heavy (non-hydrogen) atoms. The maximum atomic E-state index is 8.75. The second kappa shape index (κ2) is 6.21. The third-order valence-corrected chi connectivity index (χ3v) is 3.58. The van der Waals surface area contributed by atoms with Gasteiger partial charge in [-0.25, -0.2) is 0 Å². The van der Waals surface area contributed by atoms with Crippen molar-refractivity contribution in [2.24, 2.45) is 0 Å². The molecule has 1 atom stereocenters. The molecule has 1 rings (SSSR count). The Kier molecular flexibility index (Phi) is 5.14. The van der Waals surface area contributed by atoms with Gasteiger partial charge in [-0.15, -0.1) is 0 Å². The summed E-state index contributed by atoms with van der Waals surface area (Å²) in [6, 6.07) is 6.73. The quantitative estimate of drug-likeness (QED) is 0.895. The summed E-state index contributed by atoms with van der Waals surface area (Å²) in [5.74, 6) is 0. The lowest BCUT2D eigenvalue weighted by molar-refractivity contribution is 0.588. The first-order valence-electron chi connectivity index (χ1n) is 6.99. The molecule has 0 heterocycles. The van der Waals surface area contributed by atoms with E-state index in [1.807, 2.05) is 6.92 Å². The van der Waals surface area contributed by atoms with Crippen molar-refractivity contribution in [3.63, 3.8) is 0 Å². The fourth-order valence-electron chi connectivity index (χ4n) is 2.28. The van der Waals surface area contributed by atoms with Gasteiger partial charge in [0, 0.05) is 6.54 Å². The molecule has 0 aliphatic heterocycles. The Morgan fingerprint density at radius 1 is 1.21 bits per heavy atom. The van der Waals surface area contributed by atoms with Crippen LogP contribution in [0, 0.1) is 25.2 Å². The highest BCUT2D eigenvalue weighted by Crippen LogP contribution is 2.26. The van der Waals surface area contributed by atoms with Crippen molar-refractivity contribution in [3.05, 3.63) is 34.4 Å². The van der Waals surface area contributed by atoms with Crippen LogP contribution in [0.3, 0.4) is 0 Å². The van der Waals surface area contributed by atoms with Crippen molar-refractivity contribution >= 4 is 0 Å². The maximum Gasteiger partial charge on any atom is 0.0924 e. The van der Waals surface area contributed by atoms with Crippen molar-refractivity contribution in [3.8, 4) is 6.07 Å². The fourth-order valence-corrected chi connectivity index (χ4v) is 2.28. The van der Waals surface area contributed by atoms with Gasteiger partial charge < -0.3 is 5.32 Å². The minimum absolute atomic E-state index is 0.0746. The summed E-state index contributed by atoms with van der Waals surface area (Å²) in [5, 5.41) is 12.0. The topological polar surface area (TPSA) is 35.8 Å². The average Bonchev–Trinajstić information content (AvgIpc) is 2.30. The Morgan fingerprint density at radius 2 is 1.74 bits per heavy atom. The largest absolute Gasteiger partial charge is 0.302 e. The van der Waals surface area contributed by atoms with Crippen LogP contribution in [0.1, 0.15) is 49.9 Å². The summed E-state index contributed by atoms with van der Waals surface area (Å²) in [5.41, 5.74) is 5.71. The molecule has 1 aromatic rings. The summed E-state index contributed by atoms with van der Waals surface area (Å²) in [6.45, 7) is 13.9. The van der Waals surface area contributed by atoms with E-state index in [1.165, 1.54) is 22.3 Å². The van der Waals surface area contributed by atoms with Crippen LogP contribution in [0.15, 0.2) is 12.1 Å². The van der Waals surface area contributed by atoms with E-state index in [0.29, 0.717) is 0 Å². The molecular formula is C17H26N2. The van der Waals surface area contributed by atoms with E-state index in [9.17, 15) is 0 Å². The molecule has 0 amide bonds. The molecule has 0 aliphatic carbocycles. The molecule has 104 valence electrons. The summed E-state index contributed by atoms with van der Waals surface area (Å²) in [6.07, 6.45) is 0.980. The van der Waals surface area contributed by atoms with Crippen LogP contribution >= 0.6 is 0 Å². The molecule has 0 aliphatic rings. The van der Waals surface area contributed by atoms with Gasteiger partial charge in [0.2, 0.25) is 0 Å². The first-order chi connectivity index (χ1) is 8.75. The Hall–Kier alpha value is -1.33. The van der Waals surface area contributed by atoms with Crippen molar-refractivity contribution in [1.82, 2.24) is 5.32 Å². The van der Waals surface area contributed by atoms with Crippen LogP contribution in [-0.2, 0) is 11.8 Å². The second-order valence-corrected chi connectivity index (χ2v) is 6.39. The Balaban J connectivity index is 2.84. The number of rotatable bonds is 4. The third-order valence-electron chi connectivity index (χ3n) is 3.58. The molecule has 1 aromatic carbocycles. The number of hydrogen-bond acceptors (Lipinski definition) is 2. The van der Waals surface area contributed by atoms with Crippen LogP contribution in [0.2, 0.25) is 0 Å². The number of hydrogen-bond donors (Lipinski definition) is 1. The lowest BCUT2D eigenvalue weighted by atomic mass is 9.83. The first kappa shape index (κ1) is 15.7. The number of benzene rings is 1. The smallest absolute Gasteiger partial charge is 0.0924 e. The standard InChI is InChI=1S/C17H26N2/c1-12-9-15(17(4,5)6)10-13(2)16(12)7-8-19-14(3)11-18/h9-10,14,19H,7-8H2,1-6H3. The van der Waals surface area contributed by atoms with Gasteiger partial charge in [-0.2, -0.15) is 5.26 Å². The van der Waals surface area contributed by atoms with Gasteiger partial charge in [0.1, 0.15) is 0 Å². The second-order valence-electron chi connectivity index (χ2n) is 6.39. The zero-order valence-corrected chi connectivity index (χ0v) is 13.1. The van der Waals surface area contributed by atoms with Crippen LogP contribution in [-0.4, -0.2) is 12.6 Å². The summed E-state index contributed by atoms with van der Waals surface area (Å²) in [7, 11) is 0. The molecule has 0 saturated carbocycles. The van der Waals surface area contributed by atoms with E-state index >= 15 is 0 Å². The molecule has 1 N–H and O–H groups in total. The van der Waals surface area contributed by atoms with Gasteiger partial charge in [-0.3, -0.25) is 0 Å². The van der Waals surface area contributed by atoms with E-state index < -0.39 is 0 Å². The van der Waals surface area contributed by atoms with Gasteiger partial charge in [0.05, 0.1) is 12.1 Å². The lowest BCUT2D eigenvalue weighted by Gasteiger charge is -2.22. The zero-order valence-electron chi connectivity index (χ0n) is 13.1. The highest BCUT2D eigenvalue weighted by molar-refractivity contribution is 5.40. The van der Waals surface area contributed by atoms with Crippen LogP contribution < -0.4 is 5.32 Å². The van der Waals surface area contributed by atoms with E-state index in [0.717, 1.165) is 13.0 Å². The van der Waals surface area contributed by atoms with Gasteiger partial charge >= 0.3 is 0 Å². The van der Waals surface area contributed by atoms with Gasteiger partial charge in [0.15, 0.2) is 0 Å². The summed E-state index contributed by atoms with van der Waals surface area (Å²) < 4.78 is 0. The highest BCUT2D eigenvalue weighted by Gasteiger charge is 2.16. The van der Waals surface area contributed by atoms with E-state index in [-0.39, 0.29) is 11.5 Å². The monoisotopic (exact) mass is 258 g/mol.